The minimum absolute atomic E-state index is 0.110. The van der Waals surface area contributed by atoms with Crippen LogP contribution in [-0.2, 0) is 18.4 Å². The number of halogens is 1. The van der Waals surface area contributed by atoms with Gasteiger partial charge < -0.3 is 10.6 Å². The molecule has 6 rings (SSSR count). The molecule has 0 spiro atoms. The van der Waals surface area contributed by atoms with Crippen molar-refractivity contribution in [2.45, 2.75) is 58.0 Å². The van der Waals surface area contributed by atoms with E-state index >= 15 is 0 Å². The van der Waals surface area contributed by atoms with E-state index in [1.54, 1.807) is 21.5 Å². The van der Waals surface area contributed by atoms with Crippen molar-refractivity contribution < 1.29 is 4.39 Å². The van der Waals surface area contributed by atoms with Gasteiger partial charge in [-0.3, -0.25) is 4.79 Å². The van der Waals surface area contributed by atoms with Crippen LogP contribution in [0.5, 0.6) is 0 Å². The molecule has 8 nitrogen and oxygen atoms in total. The van der Waals surface area contributed by atoms with E-state index in [2.05, 4.69) is 41.4 Å². The van der Waals surface area contributed by atoms with Crippen molar-refractivity contribution in [2.24, 2.45) is 0 Å². The van der Waals surface area contributed by atoms with Crippen LogP contribution in [0.2, 0.25) is 0 Å². The third kappa shape index (κ3) is 3.89. The van der Waals surface area contributed by atoms with Gasteiger partial charge in [0.05, 0.1) is 11.7 Å². The van der Waals surface area contributed by atoms with Crippen LogP contribution in [0.4, 0.5) is 16.0 Å². The standard InChI is InChI=1S/C26H28FN7O/c1-26(2,3)21-5-4-6-22(31-21)34-23-18(24(35)33(34)17-7-8-17)14-29-25(32-23)30-20-12-16-13-28-10-9-15(16)11-19(20)27/h4-6,11-12,14,17,28H,7-10,13H2,1-3H3,(H,29,30,32). The Morgan fingerprint density at radius 3 is 2.74 bits per heavy atom. The normalized spacial score (nSPS) is 15.9. The second-order valence-corrected chi connectivity index (χ2v) is 10.4. The molecule has 1 aromatic carbocycles. The number of hydrogen-bond acceptors (Lipinski definition) is 6. The highest BCUT2D eigenvalue weighted by Gasteiger charge is 2.31. The second kappa shape index (κ2) is 7.98. The van der Waals surface area contributed by atoms with Gasteiger partial charge in [-0.2, -0.15) is 4.98 Å². The summed E-state index contributed by atoms with van der Waals surface area (Å²) in [4.78, 5) is 27.2. The van der Waals surface area contributed by atoms with Crippen LogP contribution < -0.4 is 16.2 Å². The predicted octanol–water partition coefficient (Wildman–Crippen LogP) is 4.14. The molecule has 35 heavy (non-hydrogen) atoms. The molecule has 9 heteroatoms. The molecule has 1 aliphatic carbocycles. The fraction of sp³-hybridized carbons (Fsp3) is 0.385. The van der Waals surface area contributed by atoms with Crippen LogP contribution in [-0.4, -0.2) is 30.9 Å². The maximum absolute atomic E-state index is 14.9. The van der Waals surface area contributed by atoms with Crippen LogP contribution in [0.25, 0.3) is 16.9 Å². The number of benzene rings is 1. The Hall–Kier alpha value is -3.59. The molecule has 0 saturated heterocycles. The Morgan fingerprint density at radius 2 is 1.97 bits per heavy atom. The van der Waals surface area contributed by atoms with Crippen LogP contribution in [0.3, 0.4) is 0 Å². The third-order valence-electron chi connectivity index (χ3n) is 6.66. The third-order valence-corrected chi connectivity index (χ3v) is 6.66. The smallest absolute Gasteiger partial charge is 0.278 e. The van der Waals surface area contributed by atoms with Crippen molar-refractivity contribution in [3.8, 4) is 5.82 Å². The summed E-state index contributed by atoms with van der Waals surface area (Å²) in [6.45, 7) is 7.86. The van der Waals surface area contributed by atoms with Gasteiger partial charge in [0.2, 0.25) is 5.95 Å². The van der Waals surface area contributed by atoms with Gasteiger partial charge in [-0.1, -0.05) is 26.8 Å². The summed E-state index contributed by atoms with van der Waals surface area (Å²) in [5.74, 6) is 0.516. The van der Waals surface area contributed by atoms with Crippen molar-refractivity contribution in [1.29, 1.82) is 0 Å². The Balaban J connectivity index is 1.48. The highest BCUT2D eigenvalue weighted by atomic mass is 19.1. The lowest BCUT2D eigenvalue weighted by Crippen LogP contribution is -2.23. The number of nitrogens with one attached hydrogen (secondary N) is 2. The molecular weight excluding hydrogens is 445 g/mol. The number of aromatic nitrogens is 5. The van der Waals surface area contributed by atoms with E-state index in [1.807, 2.05) is 18.2 Å². The molecule has 0 amide bonds. The summed E-state index contributed by atoms with van der Waals surface area (Å²) in [6, 6.07) is 9.33. The summed E-state index contributed by atoms with van der Waals surface area (Å²) in [5, 5.41) is 6.76. The van der Waals surface area contributed by atoms with E-state index in [1.165, 1.54) is 6.20 Å². The maximum Gasteiger partial charge on any atom is 0.278 e. The molecule has 4 heterocycles. The average molecular weight is 474 g/mol. The zero-order chi connectivity index (χ0) is 24.3. The van der Waals surface area contributed by atoms with Crippen molar-refractivity contribution >= 4 is 22.7 Å². The SMILES string of the molecule is CC(C)(C)c1cccc(-n2c3nc(Nc4cc5c(cc4F)CCNC5)ncc3c(=O)n2C2CC2)n1. The molecule has 0 bridgehead atoms. The molecule has 2 N–H and O–H groups in total. The molecular formula is C26H28FN7O. The highest BCUT2D eigenvalue weighted by Crippen LogP contribution is 2.36. The first-order chi connectivity index (χ1) is 16.8. The van der Waals surface area contributed by atoms with Gasteiger partial charge in [0.25, 0.3) is 5.56 Å². The summed E-state index contributed by atoms with van der Waals surface area (Å²) in [5.41, 5.74) is 3.48. The van der Waals surface area contributed by atoms with E-state index in [4.69, 9.17) is 4.98 Å². The number of pyridine rings is 1. The molecule has 3 aromatic heterocycles. The van der Waals surface area contributed by atoms with Crippen LogP contribution in [0.1, 0.15) is 56.5 Å². The molecule has 0 atom stereocenters. The van der Waals surface area contributed by atoms with Gasteiger partial charge in [0, 0.05) is 23.9 Å². The number of anilines is 2. The highest BCUT2D eigenvalue weighted by molar-refractivity contribution is 5.77. The van der Waals surface area contributed by atoms with Gasteiger partial charge in [0.1, 0.15) is 11.2 Å². The van der Waals surface area contributed by atoms with Crippen LogP contribution in [0.15, 0.2) is 41.3 Å². The Labute approximate surface area is 202 Å². The molecule has 0 unspecified atom stereocenters. The molecule has 4 aromatic rings. The first-order valence-electron chi connectivity index (χ1n) is 12.1. The maximum atomic E-state index is 14.9. The minimum Gasteiger partial charge on any atom is -0.322 e. The van der Waals surface area contributed by atoms with Gasteiger partial charge in [0.15, 0.2) is 11.5 Å². The average Bonchev–Trinajstić information content (AvgIpc) is 3.63. The minimum atomic E-state index is -0.346. The molecule has 1 fully saturated rings. The van der Waals surface area contributed by atoms with Gasteiger partial charge in [-0.25, -0.2) is 23.7 Å². The molecule has 1 aliphatic heterocycles. The Kier molecular flexibility index (Phi) is 5.00. The van der Waals surface area contributed by atoms with E-state index in [0.717, 1.165) is 42.6 Å². The van der Waals surface area contributed by atoms with Crippen molar-refractivity contribution in [3.05, 3.63) is 69.5 Å². The fourth-order valence-electron chi connectivity index (χ4n) is 4.61. The second-order valence-electron chi connectivity index (χ2n) is 10.4. The number of fused-ring (bicyclic) bond motifs is 2. The largest absolute Gasteiger partial charge is 0.322 e. The first kappa shape index (κ1) is 21.9. The van der Waals surface area contributed by atoms with E-state index in [9.17, 15) is 9.18 Å². The van der Waals surface area contributed by atoms with E-state index < -0.39 is 0 Å². The molecule has 1 saturated carbocycles. The quantitative estimate of drug-likeness (QED) is 0.463. The monoisotopic (exact) mass is 473 g/mol. The van der Waals surface area contributed by atoms with E-state index in [-0.39, 0.29) is 28.8 Å². The van der Waals surface area contributed by atoms with Crippen molar-refractivity contribution in [1.82, 2.24) is 29.6 Å². The number of nitrogens with zero attached hydrogens (tertiary/aromatic N) is 5. The lowest BCUT2D eigenvalue weighted by atomic mass is 9.92. The van der Waals surface area contributed by atoms with Gasteiger partial charge in [-0.15, -0.1) is 0 Å². The first-order valence-corrected chi connectivity index (χ1v) is 12.1. The lowest BCUT2D eigenvalue weighted by Gasteiger charge is -2.19. The zero-order valence-corrected chi connectivity index (χ0v) is 20.1. The molecule has 0 radical (unpaired) electrons. The molecule has 180 valence electrons. The predicted molar refractivity (Wildman–Crippen MR) is 133 cm³/mol. The van der Waals surface area contributed by atoms with Crippen molar-refractivity contribution in [2.75, 3.05) is 11.9 Å². The zero-order valence-electron chi connectivity index (χ0n) is 20.1. The summed E-state index contributed by atoms with van der Waals surface area (Å²) in [6.07, 6.45) is 4.19. The molecule has 2 aliphatic rings. The van der Waals surface area contributed by atoms with Gasteiger partial charge >= 0.3 is 0 Å². The summed E-state index contributed by atoms with van der Waals surface area (Å²) < 4.78 is 18.4. The number of hydrogen-bond donors (Lipinski definition) is 2. The van der Waals surface area contributed by atoms with E-state index in [0.29, 0.717) is 29.1 Å². The van der Waals surface area contributed by atoms with Crippen LogP contribution >= 0.6 is 0 Å². The fourth-order valence-corrected chi connectivity index (χ4v) is 4.61. The Bertz CT molecular complexity index is 1510. The van der Waals surface area contributed by atoms with Gasteiger partial charge in [-0.05, 0) is 61.2 Å². The Morgan fingerprint density at radius 1 is 1.14 bits per heavy atom. The van der Waals surface area contributed by atoms with Crippen molar-refractivity contribution in [3.63, 3.8) is 0 Å². The summed E-state index contributed by atoms with van der Waals surface area (Å²) >= 11 is 0. The summed E-state index contributed by atoms with van der Waals surface area (Å²) in [7, 11) is 0. The topological polar surface area (TPSA) is 89.7 Å². The number of rotatable bonds is 4. The lowest BCUT2D eigenvalue weighted by molar-refractivity contribution is 0.537. The van der Waals surface area contributed by atoms with Crippen LogP contribution in [0, 0.1) is 5.82 Å².